The van der Waals surface area contributed by atoms with Crippen molar-refractivity contribution in [3.63, 3.8) is 0 Å². The minimum absolute atomic E-state index is 0. The summed E-state index contributed by atoms with van der Waals surface area (Å²) < 4.78 is 14.7. The van der Waals surface area contributed by atoms with E-state index in [1.807, 2.05) is 37.9 Å². The Balaban J connectivity index is 0.00000142. The number of carbonyl (C=O) groups excluding carboxylic acids is 1. The first-order valence-corrected chi connectivity index (χ1v) is 13.0. The predicted molar refractivity (Wildman–Crippen MR) is 156 cm³/mol. The fourth-order valence-corrected chi connectivity index (χ4v) is 4.11. The monoisotopic (exact) mass is 760 g/mol. The van der Waals surface area contributed by atoms with Gasteiger partial charge in [-0.1, -0.05) is 32.8 Å². The Morgan fingerprint density at radius 2 is 1.74 bits per heavy atom. The Kier molecular flexibility index (Phi) is 13.6. The second-order valence-corrected chi connectivity index (χ2v) is 9.83. The molecule has 210 valence electrons. The van der Waals surface area contributed by atoms with Crippen molar-refractivity contribution >= 4 is 28.2 Å². The number of hydrogen-bond acceptors (Lipinski definition) is 5. The zero-order chi connectivity index (χ0) is 28.7. The fraction of sp³-hybridized carbons (Fsp3) is 0.400. The van der Waals surface area contributed by atoms with Gasteiger partial charge < -0.3 is 35.5 Å². The zero-order valence-corrected chi connectivity index (χ0v) is 28.4. The molecule has 1 aromatic heterocycles. The van der Waals surface area contributed by atoms with Crippen LogP contribution in [0.4, 0.5) is 10.1 Å². The molecule has 0 aliphatic rings. The molecular weight excluding hydrogens is 717 g/mol. The number of aryl methyl sites for hydroxylation is 2. The molecule has 0 radical (unpaired) electrons. The normalized spacial score (nSPS) is 13.1. The number of amides is 1. The van der Waals surface area contributed by atoms with Crippen LogP contribution in [0.1, 0.15) is 68.8 Å². The fourth-order valence-electron chi connectivity index (χ4n) is 4.11. The quantitative estimate of drug-likeness (QED) is 0.200. The Morgan fingerprint density at radius 3 is 2.28 bits per heavy atom. The third kappa shape index (κ3) is 8.25. The van der Waals surface area contributed by atoms with Gasteiger partial charge in [0.2, 0.25) is 5.91 Å². The van der Waals surface area contributed by atoms with Crippen LogP contribution in [0.3, 0.4) is 0 Å². The van der Waals surface area contributed by atoms with Gasteiger partial charge in [-0.25, -0.2) is 10.4 Å². The molecule has 1 heterocycles. The predicted octanol–water partition coefficient (Wildman–Crippen LogP) is 6.02. The smallest absolute Gasteiger partial charge is 0.441 e. The van der Waals surface area contributed by atoms with Gasteiger partial charge in [0.05, 0.1) is 29.4 Å². The van der Waals surface area contributed by atoms with Crippen molar-refractivity contribution in [2.24, 2.45) is 17.4 Å². The van der Waals surface area contributed by atoms with Crippen molar-refractivity contribution in [1.82, 2.24) is 15.1 Å². The van der Waals surface area contributed by atoms with Gasteiger partial charge in [0.1, 0.15) is 5.82 Å². The van der Waals surface area contributed by atoms with Gasteiger partial charge in [0.25, 0.3) is 0 Å². The molecule has 0 saturated heterocycles. The second kappa shape index (κ2) is 15.3. The van der Waals surface area contributed by atoms with Crippen LogP contribution in [-0.2, 0) is 4.79 Å². The third-order valence-electron chi connectivity index (χ3n) is 6.81. The van der Waals surface area contributed by atoms with Gasteiger partial charge in [-0.05, 0) is 57.0 Å². The van der Waals surface area contributed by atoms with Gasteiger partial charge in [-0.15, -0.1) is 0 Å². The van der Waals surface area contributed by atoms with E-state index in [0.717, 1.165) is 27.7 Å². The number of anilines is 1. The molecule has 0 spiro atoms. The number of rotatable bonds is 9. The first-order valence-electron chi connectivity index (χ1n) is 13.0. The van der Waals surface area contributed by atoms with Crippen LogP contribution in [0.5, 0.6) is 0 Å². The summed E-state index contributed by atoms with van der Waals surface area (Å²) in [4.78, 5) is 14.0. The molecule has 0 aliphatic carbocycles. The molecule has 9 heteroatoms. The van der Waals surface area contributed by atoms with Gasteiger partial charge in [0, 0.05) is 34.9 Å². The maximum Gasteiger partial charge on any atom is 2.00 e. The molecule has 6 N–H and O–H groups in total. The SMILES string of the molecule is CCCC.[CH2-]C([CH2-])Nc1cc(C)c(F)cc1C(C)N(C)/C(=C(/N)C(C)C(N)=O)c1c(C)ccc2[nH]ncc12.[U+2]. The van der Waals surface area contributed by atoms with Crippen LogP contribution in [0, 0.1) is 70.5 Å². The van der Waals surface area contributed by atoms with Crippen molar-refractivity contribution < 1.29 is 40.3 Å². The van der Waals surface area contributed by atoms with Gasteiger partial charge >= 0.3 is 31.1 Å². The molecule has 0 bridgehead atoms. The summed E-state index contributed by atoms with van der Waals surface area (Å²) in [5, 5.41) is 11.2. The van der Waals surface area contributed by atoms with Crippen LogP contribution in [0.25, 0.3) is 16.6 Å². The molecule has 2 unspecified atom stereocenters. The van der Waals surface area contributed by atoms with E-state index in [-0.39, 0.29) is 49.0 Å². The third-order valence-corrected chi connectivity index (χ3v) is 6.81. The zero-order valence-electron chi connectivity index (χ0n) is 24.3. The van der Waals surface area contributed by atoms with E-state index >= 15 is 0 Å². The van der Waals surface area contributed by atoms with E-state index in [9.17, 15) is 9.18 Å². The Bertz CT molecular complexity index is 1280. The Labute approximate surface area is 256 Å². The largest absolute Gasteiger partial charge is 2.00 e. The maximum atomic E-state index is 14.7. The number of aromatic amines is 1. The summed E-state index contributed by atoms with van der Waals surface area (Å²) in [5.74, 6) is -1.57. The number of carbonyl (C=O) groups is 1. The van der Waals surface area contributed by atoms with Crippen LogP contribution < -0.4 is 16.8 Å². The molecule has 39 heavy (non-hydrogen) atoms. The number of fused-ring (bicyclic) bond motifs is 1. The van der Waals surface area contributed by atoms with Crippen LogP contribution >= 0.6 is 0 Å². The number of aromatic nitrogens is 2. The minimum atomic E-state index is -0.720. The molecule has 2 aromatic carbocycles. The van der Waals surface area contributed by atoms with E-state index in [0.29, 0.717) is 22.5 Å². The summed E-state index contributed by atoms with van der Waals surface area (Å²) in [6, 6.07) is 6.49. The number of primary amides is 1. The molecular formula is C30H43FN6OU. The molecule has 3 aromatic rings. The van der Waals surface area contributed by atoms with Crippen molar-refractivity contribution in [2.45, 2.75) is 66.5 Å². The van der Waals surface area contributed by atoms with Gasteiger partial charge in [-0.2, -0.15) is 5.10 Å². The summed E-state index contributed by atoms with van der Waals surface area (Å²) >= 11 is 0. The molecule has 3 rings (SSSR count). The molecule has 0 fully saturated rings. The first kappa shape index (κ1) is 34.5. The molecule has 7 nitrogen and oxygen atoms in total. The number of nitrogens with one attached hydrogen (secondary N) is 2. The standard InChI is InChI=1S/C26H33FN6O.C4H10.U/c1-13(2)31-22-10-15(4)20(27)11-18(22)17(6)33(7)25(24(28)16(5)26(29)34)23-14(3)8-9-21-19(23)12-30-32-21;1-3-4-2;/h8-13,16-17,31H,1-2,28H2,3-7H3,(H2,29,34)(H,30,32);3-4H2,1-2H3;/q-2;;+2/b25-24+;;. The number of unbranched alkanes of at least 4 members (excludes halogenated alkanes) is 1. The van der Waals surface area contributed by atoms with Crippen molar-refractivity contribution in [1.29, 1.82) is 0 Å². The number of nitrogens with two attached hydrogens (primary N) is 2. The summed E-state index contributed by atoms with van der Waals surface area (Å²) in [6.07, 6.45) is 4.37. The molecule has 0 aliphatic heterocycles. The minimum Gasteiger partial charge on any atom is -0.441 e. The van der Waals surface area contributed by atoms with E-state index in [1.54, 1.807) is 26.1 Å². The number of hydrogen-bond donors (Lipinski definition) is 4. The topological polar surface area (TPSA) is 113 Å². The van der Waals surface area contributed by atoms with Crippen molar-refractivity contribution in [3.8, 4) is 0 Å². The van der Waals surface area contributed by atoms with Crippen LogP contribution in [0.15, 0.2) is 36.2 Å². The number of halogens is 1. The van der Waals surface area contributed by atoms with E-state index in [2.05, 4.69) is 43.2 Å². The maximum absolute atomic E-state index is 14.7. The summed E-state index contributed by atoms with van der Waals surface area (Å²) in [6.45, 7) is 19.5. The van der Waals surface area contributed by atoms with E-state index in [1.165, 1.54) is 18.9 Å². The Hall–Kier alpha value is -2.50. The average Bonchev–Trinajstić information content (AvgIpc) is 3.35. The van der Waals surface area contributed by atoms with E-state index < -0.39 is 11.8 Å². The number of benzene rings is 2. The van der Waals surface area contributed by atoms with Crippen molar-refractivity contribution in [3.05, 3.63) is 78.1 Å². The average molecular weight is 761 g/mol. The van der Waals surface area contributed by atoms with Gasteiger partial charge in [0.15, 0.2) is 0 Å². The van der Waals surface area contributed by atoms with E-state index in [4.69, 9.17) is 11.5 Å². The van der Waals surface area contributed by atoms with Gasteiger partial charge in [-0.3, -0.25) is 9.89 Å². The number of H-pyrrole nitrogens is 1. The molecule has 2 atom stereocenters. The van der Waals surface area contributed by atoms with Crippen LogP contribution in [-0.4, -0.2) is 34.1 Å². The second-order valence-electron chi connectivity index (χ2n) is 9.83. The van der Waals surface area contributed by atoms with Crippen LogP contribution in [0.2, 0.25) is 0 Å². The summed E-state index contributed by atoms with van der Waals surface area (Å²) in [7, 11) is 1.87. The van der Waals surface area contributed by atoms with Crippen molar-refractivity contribution in [2.75, 3.05) is 12.4 Å². The first-order chi connectivity index (χ1) is 17.8. The number of nitrogens with zero attached hydrogens (tertiary/aromatic N) is 2. The Morgan fingerprint density at radius 1 is 1.13 bits per heavy atom. The molecule has 1 amide bonds. The molecule has 0 saturated carbocycles. The summed E-state index contributed by atoms with van der Waals surface area (Å²) in [5.41, 5.74) is 17.8.